The molecule has 142 valence electrons. The largest absolute Gasteiger partial charge is 0.480 e. The van der Waals surface area contributed by atoms with Crippen LogP contribution in [0, 0.1) is 17.0 Å². The van der Waals surface area contributed by atoms with Crippen LogP contribution >= 0.6 is 0 Å². The van der Waals surface area contributed by atoms with E-state index in [4.69, 9.17) is 14.6 Å². The van der Waals surface area contributed by atoms with Crippen LogP contribution in [0.15, 0.2) is 41.3 Å². The molecule has 11 heteroatoms. The second kappa shape index (κ2) is 6.76. The van der Waals surface area contributed by atoms with E-state index in [1.54, 1.807) is 0 Å². The Balaban J connectivity index is 2.10. The van der Waals surface area contributed by atoms with Gasteiger partial charge in [0.05, 0.1) is 15.5 Å². The highest BCUT2D eigenvalue weighted by molar-refractivity contribution is 7.92. The van der Waals surface area contributed by atoms with Crippen LogP contribution in [-0.4, -0.2) is 37.8 Å². The van der Waals surface area contributed by atoms with Crippen molar-refractivity contribution in [2.45, 2.75) is 11.8 Å². The van der Waals surface area contributed by atoms with Crippen molar-refractivity contribution in [3.63, 3.8) is 0 Å². The SMILES string of the molecule is Cc1ccc(S(=O)(=O)N(CC(=O)O)c2ccc3c(c2)OCO3)cc1[N+](=O)[O-]. The molecule has 27 heavy (non-hydrogen) atoms. The van der Waals surface area contributed by atoms with Crippen molar-refractivity contribution in [1.82, 2.24) is 0 Å². The van der Waals surface area contributed by atoms with Crippen LogP contribution in [0.25, 0.3) is 0 Å². The summed E-state index contributed by atoms with van der Waals surface area (Å²) in [6.45, 7) is 0.569. The molecule has 0 unspecified atom stereocenters. The Kier molecular flexibility index (Phi) is 4.62. The maximum absolute atomic E-state index is 13.0. The maximum atomic E-state index is 13.0. The summed E-state index contributed by atoms with van der Waals surface area (Å²) in [6.07, 6.45) is 0. The highest BCUT2D eigenvalue weighted by Gasteiger charge is 2.30. The summed E-state index contributed by atoms with van der Waals surface area (Å²) in [6, 6.07) is 7.57. The standard InChI is InChI=1S/C16H14N2O8S/c1-10-2-4-12(7-13(10)18(21)22)27(23,24)17(8-16(19)20)11-3-5-14-15(6-11)26-9-25-14/h2-7H,8-9H2,1H3,(H,19,20). The van der Waals surface area contributed by atoms with Gasteiger partial charge >= 0.3 is 5.97 Å². The van der Waals surface area contributed by atoms with E-state index in [0.717, 1.165) is 6.07 Å². The predicted octanol–water partition coefficient (Wildman–Crippen LogP) is 1.91. The third-order valence-electron chi connectivity index (χ3n) is 3.89. The number of nitrogens with zero attached hydrogens (tertiary/aromatic N) is 2. The summed E-state index contributed by atoms with van der Waals surface area (Å²) >= 11 is 0. The second-order valence-corrected chi connectivity index (χ2v) is 7.51. The Labute approximate surface area is 153 Å². The number of carboxylic acids is 1. The predicted molar refractivity (Wildman–Crippen MR) is 92.6 cm³/mol. The summed E-state index contributed by atoms with van der Waals surface area (Å²) in [7, 11) is -4.39. The quantitative estimate of drug-likeness (QED) is 0.579. The number of anilines is 1. The first-order valence-corrected chi connectivity index (χ1v) is 9.03. The Morgan fingerprint density at radius 2 is 1.93 bits per heavy atom. The fraction of sp³-hybridized carbons (Fsp3) is 0.188. The van der Waals surface area contributed by atoms with Gasteiger partial charge in [-0.05, 0) is 25.1 Å². The minimum absolute atomic E-state index is 0.0323. The van der Waals surface area contributed by atoms with E-state index in [1.807, 2.05) is 0 Å². The number of carboxylic acid groups (broad SMARTS) is 1. The van der Waals surface area contributed by atoms with Crippen LogP contribution in [-0.2, 0) is 14.8 Å². The first-order valence-electron chi connectivity index (χ1n) is 7.59. The summed E-state index contributed by atoms with van der Waals surface area (Å²) in [5.41, 5.74) is -0.0614. The number of sulfonamides is 1. The van der Waals surface area contributed by atoms with Gasteiger partial charge in [0.25, 0.3) is 15.7 Å². The highest BCUT2D eigenvalue weighted by atomic mass is 32.2. The Morgan fingerprint density at radius 1 is 1.22 bits per heavy atom. The van der Waals surface area contributed by atoms with E-state index in [0.29, 0.717) is 10.1 Å². The third-order valence-corrected chi connectivity index (χ3v) is 5.66. The smallest absolute Gasteiger partial charge is 0.324 e. The van der Waals surface area contributed by atoms with Crippen molar-refractivity contribution in [3.8, 4) is 11.5 Å². The molecule has 0 spiro atoms. The molecule has 2 aromatic rings. The summed E-state index contributed by atoms with van der Waals surface area (Å²) in [4.78, 5) is 21.3. The number of aliphatic carboxylic acids is 1. The van der Waals surface area contributed by atoms with Crippen LogP contribution in [0.4, 0.5) is 11.4 Å². The first-order chi connectivity index (χ1) is 12.7. The Bertz CT molecular complexity index is 1030. The zero-order valence-corrected chi connectivity index (χ0v) is 14.8. The van der Waals surface area contributed by atoms with Gasteiger partial charge in [0.15, 0.2) is 11.5 Å². The highest BCUT2D eigenvalue weighted by Crippen LogP contribution is 2.37. The zero-order valence-electron chi connectivity index (χ0n) is 14.0. The molecule has 1 N–H and O–H groups in total. The number of hydrogen-bond donors (Lipinski definition) is 1. The average molecular weight is 394 g/mol. The number of nitro groups is 1. The molecule has 1 aliphatic heterocycles. The van der Waals surface area contributed by atoms with Crippen LogP contribution in [0.5, 0.6) is 11.5 Å². The molecular weight excluding hydrogens is 380 g/mol. The fourth-order valence-electron chi connectivity index (χ4n) is 2.55. The minimum atomic E-state index is -4.39. The van der Waals surface area contributed by atoms with E-state index in [2.05, 4.69) is 0 Å². The normalized spacial score (nSPS) is 12.6. The zero-order chi connectivity index (χ0) is 19.8. The van der Waals surface area contributed by atoms with Crippen molar-refractivity contribution in [3.05, 3.63) is 52.1 Å². The molecule has 0 bridgehead atoms. The lowest BCUT2D eigenvalue weighted by Crippen LogP contribution is -2.35. The van der Waals surface area contributed by atoms with E-state index in [1.165, 1.54) is 37.3 Å². The minimum Gasteiger partial charge on any atom is -0.480 e. The Hall–Kier alpha value is -3.34. The Morgan fingerprint density at radius 3 is 2.59 bits per heavy atom. The third kappa shape index (κ3) is 3.49. The van der Waals surface area contributed by atoms with Gasteiger partial charge in [-0.1, -0.05) is 6.07 Å². The van der Waals surface area contributed by atoms with Gasteiger partial charge in [0.1, 0.15) is 6.54 Å². The molecule has 1 aliphatic rings. The molecule has 0 saturated carbocycles. The molecule has 2 aromatic carbocycles. The molecule has 0 amide bonds. The lowest BCUT2D eigenvalue weighted by molar-refractivity contribution is -0.385. The molecule has 0 saturated heterocycles. The number of ether oxygens (including phenoxy) is 2. The molecule has 10 nitrogen and oxygen atoms in total. The van der Waals surface area contributed by atoms with E-state index < -0.39 is 32.4 Å². The molecule has 0 fully saturated rings. The molecule has 0 aliphatic carbocycles. The average Bonchev–Trinajstić information content (AvgIpc) is 3.07. The van der Waals surface area contributed by atoms with Crippen molar-refractivity contribution < 1.29 is 32.7 Å². The summed E-state index contributed by atoms with van der Waals surface area (Å²) in [5.74, 6) is -0.719. The van der Waals surface area contributed by atoms with Crippen LogP contribution in [0.1, 0.15) is 5.56 Å². The van der Waals surface area contributed by atoms with Crippen molar-refractivity contribution in [2.24, 2.45) is 0 Å². The lowest BCUT2D eigenvalue weighted by atomic mass is 10.2. The van der Waals surface area contributed by atoms with Gasteiger partial charge < -0.3 is 14.6 Å². The number of rotatable bonds is 6. The van der Waals surface area contributed by atoms with Gasteiger partial charge in [0.2, 0.25) is 6.79 Å². The van der Waals surface area contributed by atoms with Crippen LogP contribution < -0.4 is 13.8 Å². The van der Waals surface area contributed by atoms with Crippen LogP contribution in [0.2, 0.25) is 0 Å². The van der Waals surface area contributed by atoms with Crippen molar-refractivity contribution in [1.29, 1.82) is 0 Å². The number of hydrogen-bond acceptors (Lipinski definition) is 7. The van der Waals surface area contributed by atoms with Crippen LogP contribution in [0.3, 0.4) is 0 Å². The first kappa shape index (κ1) is 18.5. The molecule has 0 radical (unpaired) electrons. The van der Waals surface area contributed by atoms with Crippen molar-refractivity contribution >= 4 is 27.4 Å². The molecule has 1 heterocycles. The maximum Gasteiger partial charge on any atom is 0.324 e. The number of fused-ring (bicyclic) bond motifs is 1. The molecule has 0 atom stereocenters. The molecule has 3 rings (SSSR count). The summed E-state index contributed by atoms with van der Waals surface area (Å²) in [5, 5.41) is 20.3. The van der Waals surface area contributed by atoms with E-state index in [9.17, 15) is 23.3 Å². The van der Waals surface area contributed by atoms with Gasteiger partial charge in [0, 0.05) is 17.7 Å². The van der Waals surface area contributed by atoms with Gasteiger partial charge in [-0.25, -0.2) is 8.42 Å². The van der Waals surface area contributed by atoms with Crippen molar-refractivity contribution in [2.75, 3.05) is 17.6 Å². The fourth-order valence-corrected chi connectivity index (χ4v) is 3.98. The number of nitro benzene ring substituents is 1. The van der Waals surface area contributed by atoms with Gasteiger partial charge in [-0.2, -0.15) is 0 Å². The number of benzene rings is 2. The van der Waals surface area contributed by atoms with Gasteiger partial charge in [-0.15, -0.1) is 0 Å². The topological polar surface area (TPSA) is 136 Å². The van der Waals surface area contributed by atoms with E-state index >= 15 is 0 Å². The monoisotopic (exact) mass is 394 g/mol. The molecular formula is C16H14N2O8S. The number of aryl methyl sites for hydroxylation is 1. The lowest BCUT2D eigenvalue weighted by Gasteiger charge is -2.23. The molecule has 0 aromatic heterocycles. The van der Waals surface area contributed by atoms with Gasteiger partial charge in [-0.3, -0.25) is 19.2 Å². The summed E-state index contributed by atoms with van der Waals surface area (Å²) < 4.78 is 37.0. The second-order valence-electron chi connectivity index (χ2n) is 5.65. The number of carbonyl (C=O) groups is 1. The van der Waals surface area contributed by atoms with E-state index in [-0.39, 0.29) is 29.5 Å².